The molecule has 1 N–H and O–H groups in total. The van der Waals surface area contributed by atoms with Gasteiger partial charge in [0, 0.05) is 23.3 Å². The van der Waals surface area contributed by atoms with Crippen molar-refractivity contribution in [1.82, 2.24) is 19.7 Å². The van der Waals surface area contributed by atoms with Gasteiger partial charge in [-0.2, -0.15) is 9.78 Å². The first-order valence-electron chi connectivity index (χ1n) is 10.4. The third-order valence-electron chi connectivity index (χ3n) is 5.81. The van der Waals surface area contributed by atoms with Crippen molar-refractivity contribution in [2.45, 2.75) is 40.3 Å². The highest BCUT2D eigenvalue weighted by molar-refractivity contribution is 5.89. The first-order valence-corrected chi connectivity index (χ1v) is 10.4. The highest BCUT2D eigenvalue weighted by Gasteiger charge is 2.23. The molecular formula is C25H26N4O2. The first kappa shape index (κ1) is 20.6. The third kappa shape index (κ3) is 3.77. The summed E-state index contributed by atoms with van der Waals surface area (Å²) < 4.78 is 3.33. The molecule has 0 saturated heterocycles. The van der Waals surface area contributed by atoms with Gasteiger partial charge < -0.3 is 9.88 Å². The van der Waals surface area contributed by atoms with Gasteiger partial charge >= 0.3 is 0 Å². The lowest BCUT2D eigenvalue weighted by Gasteiger charge is -2.18. The molecule has 2 heterocycles. The van der Waals surface area contributed by atoms with Crippen LogP contribution in [0.4, 0.5) is 0 Å². The van der Waals surface area contributed by atoms with Gasteiger partial charge in [-0.3, -0.25) is 9.59 Å². The van der Waals surface area contributed by atoms with Crippen LogP contribution in [0.1, 0.15) is 35.5 Å². The van der Waals surface area contributed by atoms with Gasteiger partial charge in [-0.15, -0.1) is 0 Å². The predicted molar refractivity (Wildman–Crippen MR) is 123 cm³/mol. The van der Waals surface area contributed by atoms with Crippen molar-refractivity contribution in [1.29, 1.82) is 0 Å². The number of fused-ring (bicyclic) bond motifs is 1. The molecule has 6 nitrogen and oxygen atoms in total. The van der Waals surface area contributed by atoms with Crippen molar-refractivity contribution in [2.75, 3.05) is 0 Å². The summed E-state index contributed by atoms with van der Waals surface area (Å²) in [5.74, 6) is -0.0941. The second-order valence-electron chi connectivity index (χ2n) is 7.91. The second kappa shape index (κ2) is 8.22. The standard InChI is InChI=1S/C25H26N4O2/c1-16-10-12-20(13-11-16)14-26-24(30)19(4)28-17(2)22-15-27-29(21-8-6-5-7-9-21)25(31)23(22)18(28)3/h5-13,15,19H,14H2,1-4H3,(H,26,30). The van der Waals surface area contributed by atoms with Gasteiger partial charge in [-0.25, -0.2) is 0 Å². The van der Waals surface area contributed by atoms with Crippen LogP contribution in [-0.4, -0.2) is 20.3 Å². The summed E-state index contributed by atoms with van der Waals surface area (Å²) in [5.41, 5.74) is 4.38. The molecule has 0 radical (unpaired) electrons. The van der Waals surface area contributed by atoms with Crippen LogP contribution in [0.5, 0.6) is 0 Å². The Morgan fingerprint density at radius 2 is 1.68 bits per heavy atom. The van der Waals surface area contributed by atoms with E-state index in [2.05, 4.69) is 10.4 Å². The maximum atomic E-state index is 13.2. The Morgan fingerprint density at radius 1 is 1.00 bits per heavy atom. The van der Waals surface area contributed by atoms with Crippen molar-refractivity contribution < 1.29 is 4.79 Å². The molecule has 0 aliphatic carbocycles. The number of amides is 1. The monoisotopic (exact) mass is 414 g/mol. The molecule has 4 aromatic rings. The Morgan fingerprint density at radius 3 is 2.35 bits per heavy atom. The molecule has 1 atom stereocenters. The SMILES string of the molecule is Cc1ccc(CNC(=O)C(C)n2c(C)c3cnn(-c4ccccc4)c(=O)c3c2C)cc1. The van der Waals surface area contributed by atoms with Crippen LogP contribution < -0.4 is 10.9 Å². The molecule has 4 rings (SSSR count). The molecule has 1 unspecified atom stereocenters. The van der Waals surface area contributed by atoms with Gasteiger partial charge in [-0.05, 0) is 45.4 Å². The zero-order chi connectivity index (χ0) is 22.1. The van der Waals surface area contributed by atoms with Gasteiger partial charge in [0.1, 0.15) is 6.04 Å². The molecular weight excluding hydrogens is 388 g/mol. The zero-order valence-electron chi connectivity index (χ0n) is 18.2. The number of aromatic nitrogens is 3. The van der Waals surface area contributed by atoms with Crippen LogP contribution in [0, 0.1) is 20.8 Å². The molecule has 0 spiro atoms. The number of carbonyl (C=O) groups excluding carboxylic acids is 1. The van der Waals surface area contributed by atoms with E-state index in [0.29, 0.717) is 17.6 Å². The Hall–Kier alpha value is -3.67. The van der Waals surface area contributed by atoms with E-state index in [1.807, 2.05) is 86.9 Å². The lowest BCUT2D eigenvalue weighted by molar-refractivity contribution is -0.124. The molecule has 31 heavy (non-hydrogen) atoms. The summed E-state index contributed by atoms with van der Waals surface area (Å²) in [7, 11) is 0. The van der Waals surface area contributed by atoms with Crippen LogP contribution in [0.15, 0.2) is 65.6 Å². The van der Waals surface area contributed by atoms with E-state index < -0.39 is 6.04 Å². The van der Waals surface area contributed by atoms with Crippen molar-refractivity contribution in [3.63, 3.8) is 0 Å². The zero-order valence-corrected chi connectivity index (χ0v) is 18.2. The third-order valence-corrected chi connectivity index (χ3v) is 5.81. The fraction of sp³-hybridized carbons (Fsp3) is 0.240. The fourth-order valence-corrected chi connectivity index (χ4v) is 4.07. The highest BCUT2D eigenvalue weighted by Crippen LogP contribution is 2.26. The van der Waals surface area contributed by atoms with Crippen LogP contribution >= 0.6 is 0 Å². The van der Waals surface area contributed by atoms with Gasteiger partial charge in [0.05, 0.1) is 17.3 Å². The molecule has 2 aromatic heterocycles. The summed E-state index contributed by atoms with van der Waals surface area (Å²) in [6, 6.07) is 17.0. The van der Waals surface area contributed by atoms with E-state index in [1.165, 1.54) is 10.2 Å². The van der Waals surface area contributed by atoms with Gasteiger partial charge in [0.2, 0.25) is 5.91 Å². The molecule has 0 fully saturated rings. The van der Waals surface area contributed by atoms with E-state index in [4.69, 9.17) is 0 Å². The number of hydrogen-bond donors (Lipinski definition) is 1. The smallest absolute Gasteiger partial charge is 0.281 e. The largest absolute Gasteiger partial charge is 0.350 e. The number of hydrogen-bond acceptors (Lipinski definition) is 3. The van der Waals surface area contributed by atoms with E-state index in [1.54, 1.807) is 6.20 Å². The molecule has 1 amide bonds. The van der Waals surface area contributed by atoms with E-state index in [-0.39, 0.29) is 11.5 Å². The minimum atomic E-state index is -0.456. The number of para-hydroxylation sites is 1. The maximum absolute atomic E-state index is 13.2. The highest BCUT2D eigenvalue weighted by atomic mass is 16.2. The first-order chi connectivity index (χ1) is 14.9. The maximum Gasteiger partial charge on any atom is 0.281 e. The Labute approximate surface area is 181 Å². The van der Waals surface area contributed by atoms with Crippen molar-refractivity contribution >= 4 is 16.7 Å². The molecule has 2 aromatic carbocycles. The second-order valence-corrected chi connectivity index (χ2v) is 7.91. The average Bonchev–Trinajstić information content (AvgIpc) is 3.04. The molecule has 0 saturated carbocycles. The fourth-order valence-electron chi connectivity index (χ4n) is 4.07. The van der Waals surface area contributed by atoms with Crippen molar-refractivity contribution in [2.24, 2.45) is 0 Å². The molecule has 158 valence electrons. The lowest BCUT2D eigenvalue weighted by atomic mass is 10.1. The van der Waals surface area contributed by atoms with Crippen LogP contribution in [0.25, 0.3) is 16.5 Å². The number of nitrogens with one attached hydrogen (secondary N) is 1. The topological polar surface area (TPSA) is 68.9 Å². The number of aryl methyl sites for hydroxylation is 3. The van der Waals surface area contributed by atoms with Crippen molar-refractivity contribution in [3.05, 3.63) is 93.7 Å². The number of benzene rings is 2. The molecule has 6 heteroatoms. The summed E-state index contributed by atoms with van der Waals surface area (Å²) in [5, 5.41) is 8.74. The summed E-state index contributed by atoms with van der Waals surface area (Å²) in [6.07, 6.45) is 1.71. The minimum Gasteiger partial charge on any atom is -0.350 e. The Kier molecular flexibility index (Phi) is 5.46. The van der Waals surface area contributed by atoms with Crippen molar-refractivity contribution in [3.8, 4) is 5.69 Å². The molecule has 0 aliphatic heterocycles. The van der Waals surface area contributed by atoms with Gasteiger partial charge in [0.25, 0.3) is 5.56 Å². The number of rotatable bonds is 5. The predicted octanol–water partition coefficient (Wildman–Crippen LogP) is 3.99. The summed E-state index contributed by atoms with van der Waals surface area (Å²) in [6.45, 7) is 8.16. The molecule has 0 bridgehead atoms. The van der Waals surface area contributed by atoms with Crippen LogP contribution in [0.3, 0.4) is 0 Å². The molecule has 0 aliphatic rings. The van der Waals surface area contributed by atoms with E-state index in [9.17, 15) is 9.59 Å². The normalized spacial score (nSPS) is 12.1. The average molecular weight is 415 g/mol. The Bertz CT molecular complexity index is 1300. The van der Waals surface area contributed by atoms with Gasteiger partial charge in [0.15, 0.2) is 0 Å². The van der Waals surface area contributed by atoms with E-state index >= 15 is 0 Å². The van der Waals surface area contributed by atoms with Gasteiger partial charge in [-0.1, -0.05) is 48.0 Å². The van der Waals surface area contributed by atoms with Crippen LogP contribution in [-0.2, 0) is 11.3 Å². The lowest BCUT2D eigenvalue weighted by Crippen LogP contribution is -2.31. The summed E-state index contributed by atoms with van der Waals surface area (Å²) in [4.78, 5) is 26.1. The Balaban J connectivity index is 1.67. The minimum absolute atomic E-state index is 0.0941. The summed E-state index contributed by atoms with van der Waals surface area (Å²) >= 11 is 0. The number of carbonyl (C=O) groups is 1. The quantitative estimate of drug-likeness (QED) is 0.537. The van der Waals surface area contributed by atoms with E-state index in [0.717, 1.165) is 22.3 Å². The van der Waals surface area contributed by atoms with Crippen LogP contribution in [0.2, 0.25) is 0 Å². The number of nitrogens with zero attached hydrogens (tertiary/aromatic N) is 3.